The minimum Gasteiger partial charge on any atom is -0.494 e. The zero-order chi connectivity index (χ0) is 16.0. The van der Waals surface area contributed by atoms with Crippen molar-refractivity contribution in [1.82, 2.24) is 4.72 Å². The molecule has 0 amide bonds. The summed E-state index contributed by atoms with van der Waals surface area (Å²) < 4.78 is 32.7. The molecule has 0 saturated carbocycles. The molecule has 1 aromatic carbocycles. The Morgan fingerprint density at radius 3 is 2.43 bits per heavy atom. The molecule has 0 radical (unpaired) electrons. The van der Waals surface area contributed by atoms with Crippen LogP contribution in [0.3, 0.4) is 0 Å². The van der Waals surface area contributed by atoms with E-state index in [0.29, 0.717) is 18.8 Å². The zero-order valence-electron chi connectivity index (χ0n) is 13.1. The lowest BCUT2D eigenvalue weighted by Crippen LogP contribution is -2.36. The van der Waals surface area contributed by atoms with E-state index in [9.17, 15) is 8.42 Å². The smallest absolute Gasteiger partial charge is 0.240 e. The van der Waals surface area contributed by atoms with Gasteiger partial charge in [0, 0.05) is 6.04 Å². The van der Waals surface area contributed by atoms with Crippen molar-refractivity contribution in [2.24, 2.45) is 0 Å². The van der Waals surface area contributed by atoms with Crippen molar-refractivity contribution in [3.8, 4) is 5.75 Å². The topological polar surface area (TPSA) is 75.6 Å². The van der Waals surface area contributed by atoms with Gasteiger partial charge in [-0.1, -0.05) is 20.8 Å². The number of nitrogens with one attached hydrogen (secondary N) is 1. The molecule has 0 fully saturated rings. The third-order valence-corrected chi connectivity index (χ3v) is 4.77. The predicted molar refractivity (Wildman–Crippen MR) is 83.2 cm³/mol. The van der Waals surface area contributed by atoms with Gasteiger partial charge in [-0.25, -0.2) is 13.1 Å². The highest BCUT2D eigenvalue weighted by Gasteiger charge is 2.20. The Morgan fingerprint density at radius 2 is 1.95 bits per heavy atom. The van der Waals surface area contributed by atoms with E-state index in [2.05, 4.69) is 4.72 Å². The van der Waals surface area contributed by atoms with Crippen molar-refractivity contribution < 1.29 is 18.3 Å². The first-order valence-electron chi connectivity index (χ1n) is 7.25. The normalized spacial score (nSPS) is 13.4. The van der Waals surface area contributed by atoms with Gasteiger partial charge < -0.3 is 9.84 Å². The molecule has 0 bridgehead atoms. The van der Waals surface area contributed by atoms with Crippen LogP contribution in [-0.2, 0) is 10.0 Å². The van der Waals surface area contributed by atoms with Crippen LogP contribution in [0.25, 0.3) is 0 Å². The monoisotopic (exact) mass is 315 g/mol. The molecule has 5 nitrogen and oxygen atoms in total. The van der Waals surface area contributed by atoms with E-state index in [4.69, 9.17) is 9.84 Å². The molecule has 120 valence electrons. The van der Waals surface area contributed by atoms with Crippen LogP contribution in [0.15, 0.2) is 23.1 Å². The molecule has 0 aliphatic heterocycles. The number of rotatable bonds is 8. The number of ether oxygens (including phenoxy) is 1. The van der Waals surface area contributed by atoms with Gasteiger partial charge in [0.1, 0.15) is 5.75 Å². The molecule has 1 rings (SSSR count). The molecule has 1 atom stereocenters. The van der Waals surface area contributed by atoms with Crippen molar-refractivity contribution in [3.05, 3.63) is 23.8 Å². The summed E-state index contributed by atoms with van der Waals surface area (Å²) in [5.41, 5.74) is 0.858. The molecule has 0 aliphatic carbocycles. The maximum Gasteiger partial charge on any atom is 0.240 e. The number of aliphatic hydroxyl groups is 1. The minimum atomic E-state index is -3.64. The van der Waals surface area contributed by atoms with Crippen molar-refractivity contribution in [2.75, 3.05) is 13.2 Å². The first-order chi connectivity index (χ1) is 9.85. The first kappa shape index (κ1) is 17.9. The molecule has 6 heteroatoms. The highest BCUT2D eigenvalue weighted by Crippen LogP contribution is 2.29. The van der Waals surface area contributed by atoms with Gasteiger partial charge in [0.25, 0.3) is 0 Å². The van der Waals surface area contributed by atoms with E-state index in [1.54, 1.807) is 12.1 Å². The van der Waals surface area contributed by atoms with E-state index >= 15 is 0 Å². The number of benzene rings is 1. The zero-order valence-corrected chi connectivity index (χ0v) is 13.9. The Labute approximate surface area is 127 Å². The lowest BCUT2D eigenvalue weighted by molar-refractivity contribution is 0.254. The van der Waals surface area contributed by atoms with E-state index in [1.807, 2.05) is 27.7 Å². The quantitative estimate of drug-likeness (QED) is 0.771. The van der Waals surface area contributed by atoms with Crippen molar-refractivity contribution >= 4 is 10.0 Å². The predicted octanol–water partition coefficient (Wildman–Crippen LogP) is 2.26. The summed E-state index contributed by atoms with van der Waals surface area (Å²) in [5.74, 6) is 0.863. The number of sulfonamides is 1. The average molecular weight is 315 g/mol. The standard InChI is InChI=1S/C15H25NO4S/c1-5-12(10-17)16-21(18,19)13-7-8-15(20-6-2)14(9-13)11(3)4/h7-9,11-12,16-17H,5-6,10H2,1-4H3/t12-/m0/s1. The van der Waals surface area contributed by atoms with Crippen molar-refractivity contribution in [3.63, 3.8) is 0 Å². The second kappa shape index (κ2) is 7.77. The van der Waals surface area contributed by atoms with Gasteiger partial charge in [-0.05, 0) is 43.0 Å². The van der Waals surface area contributed by atoms with Gasteiger partial charge in [-0.2, -0.15) is 0 Å². The summed E-state index contributed by atoms with van der Waals surface area (Å²) in [4.78, 5) is 0.196. The molecule has 0 aromatic heterocycles. The van der Waals surface area contributed by atoms with Crippen LogP contribution in [0.1, 0.15) is 45.6 Å². The SMILES string of the molecule is CCOc1ccc(S(=O)(=O)N[C@@H](CC)CO)cc1C(C)C. The molecular weight excluding hydrogens is 290 g/mol. The molecule has 0 aliphatic rings. The van der Waals surface area contributed by atoms with Gasteiger partial charge in [0.15, 0.2) is 0 Å². The van der Waals surface area contributed by atoms with Crippen LogP contribution in [-0.4, -0.2) is 32.8 Å². The maximum absolute atomic E-state index is 12.3. The Morgan fingerprint density at radius 1 is 1.29 bits per heavy atom. The van der Waals surface area contributed by atoms with Crippen LogP contribution >= 0.6 is 0 Å². The van der Waals surface area contributed by atoms with Gasteiger partial charge in [0.2, 0.25) is 10.0 Å². The molecule has 2 N–H and O–H groups in total. The molecule has 0 saturated heterocycles. The summed E-state index contributed by atoms with van der Waals surface area (Å²) >= 11 is 0. The van der Waals surface area contributed by atoms with Crippen LogP contribution in [0.4, 0.5) is 0 Å². The second-order valence-corrected chi connectivity index (χ2v) is 6.91. The molecule has 0 unspecified atom stereocenters. The van der Waals surface area contributed by atoms with E-state index < -0.39 is 16.1 Å². The third-order valence-electron chi connectivity index (χ3n) is 3.25. The van der Waals surface area contributed by atoms with Gasteiger partial charge >= 0.3 is 0 Å². The number of hydrogen-bond acceptors (Lipinski definition) is 4. The number of aliphatic hydroxyl groups excluding tert-OH is 1. The fourth-order valence-corrected chi connectivity index (χ4v) is 3.31. The molecule has 0 heterocycles. The lowest BCUT2D eigenvalue weighted by Gasteiger charge is -2.17. The molecule has 21 heavy (non-hydrogen) atoms. The minimum absolute atomic E-state index is 0.154. The number of hydrogen-bond donors (Lipinski definition) is 2. The fourth-order valence-electron chi connectivity index (χ4n) is 1.97. The summed E-state index contributed by atoms with van der Waals surface area (Å²) in [5, 5.41) is 9.15. The van der Waals surface area contributed by atoms with Crippen LogP contribution in [0.5, 0.6) is 5.75 Å². The van der Waals surface area contributed by atoms with E-state index in [1.165, 1.54) is 6.07 Å². The summed E-state index contributed by atoms with van der Waals surface area (Å²) in [7, 11) is -3.64. The van der Waals surface area contributed by atoms with Crippen LogP contribution in [0, 0.1) is 0 Å². The Bertz CT molecular complexity index is 551. The average Bonchev–Trinajstić information content (AvgIpc) is 2.45. The lowest BCUT2D eigenvalue weighted by atomic mass is 10.0. The molecule has 0 spiro atoms. The highest BCUT2D eigenvalue weighted by atomic mass is 32.2. The highest BCUT2D eigenvalue weighted by molar-refractivity contribution is 7.89. The summed E-state index contributed by atoms with van der Waals surface area (Å²) in [6, 6.07) is 4.39. The molecular formula is C15H25NO4S. The van der Waals surface area contributed by atoms with Gasteiger partial charge in [-0.3, -0.25) is 0 Å². The van der Waals surface area contributed by atoms with Crippen molar-refractivity contribution in [1.29, 1.82) is 0 Å². The van der Waals surface area contributed by atoms with E-state index in [0.717, 1.165) is 5.56 Å². The summed E-state index contributed by atoms with van der Waals surface area (Å²) in [6.07, 6.45) is 0.532. The summed E-state index contributed by atoms with van der Waals surface area (Å²) in [6.45, 7) is 8.01. The fraction of sp³-hybridized carbons (Fsp3) is 0.600. The van der Waals surface area contributed by atoms with Gasteiger partial charge in [0.05, 0.1) is 18.1 Å². The Hall–Kier alpha value is -1.11. The largest absolute Gasteiger partial charge is 0.494 e. The Balaban J connectivity index is 3.16. The second-order valence-electron chi connectivity index (χ2n) is 5.20. The van der Waals surface area contributed by atoms with Crippen LogP contribution < -0.4 is 9.46 Å². The van der Waals surface area contributed by atoms with Crippen LogP contribution in [0.2, 0.25) is 0 Å². The van der Waals surface area contributed by atoms with Crippen molar-refractivity contribution in [2.45, 2.75) is 51.0 Å². The molecule has 1 aromatic rings. The van der Waals surface area contributed by atoms with E-state index in [-0.39, 0.29) is 17.4 Å². The first-order valence-corrected chi connectivity index (χ1v) is 8.73. The Kier molecular flexibility index (Phi) is 6.64. The van der Waals surface area contributed by atoms with Gasteiger partial charge in [-0.15, -0.1) is 0 Å². The third kappa shape index (κ3) is 4.69. The maximum atomic E-state index is 12.3.